The molecule has 1 aromatic heterocycles. The normalized spacial score (nSPS) is 10.6. The van der Waals surface area contributed by atoms with Crippen LogP contribution in [-0.4, -0.2) is 41.4 Å². The smallest absolute Gasteiger partial charge is 0.247 e. The van der Waals surface area contributed by atoms with E-state index in [0.29, 0.717) is 5.95 Å². The monoisotopic (exact) mass is 342 g/mol. The minimum atomic E-state index is 0.688. The van der Waals surface area contributed by atoms with Crippen molar-refractivity contribution in [2.75, 3.05) is 41.3 Å². The van der Waals surface area contributed by atoms with Crippen LogP contribution < -0.4 is 15.1 Å². The summed E-state index contributed by atoms with van der Waals surface area (Å²) in [5.74, 6) is 1.41. The number of hydrogen-bond acceptors (Lipinski definition) is 6. The van der Waals surface area contributed by atoms with E-state index in [9.17, 15) is 0 Å². The van der Waals surface area contributed by atoms with Crippen LogP contribution in [0.25, 0.3) is 0 Å². The zero-order chi connectivity index (χ0) is 18.1. The van der Waals surface area contributed by atoms with Crippen LogP contribution in [0.3, 0.4) is 0 Å². The van der Waals surface area contributed by atoms with Gasteiger partial charge in [0.05, 0.1) is 6.20 Å². The van der Waals surface area contributed by atoms with Crippen molar-refractivity contribution in [2.24, 2.45) is 0 Å². The van der Waals surface area contributed by atoms with Gasteiger partial charge in [-0.05, 0) is 51.0 Å². The molecule has 6 nitrogen and oxygen atoms in total. The van der Waals surface area contributed by atoms with Crippen LogP contribution in [0, 0.1) is 0 Å². The van der Waals surface area contributed by atoms with Gasteiger partial charge >= 0.3 is 0 Å². The van der Waals surface area contributed by atoms with Crippen LogP contribution in [0.5, 0.6) is 0 Å². The maximum Gasteiger partial charge on any atom is 0.247 e. The summed E-state index contributed by atoms with van der Waals surface area (Å²) < 4.78 is 0. The number of rotatable bonds is 10. The lowest BCUT2D eigenvalue weighted by Crippen LogP contribution is -2.27. The zero-order valence-electron chi connectivity index (χ0n) is 15.9. The summed E-state index contributed by atoms with van der Waals surface area (Å²) in [4.78, 5) is 9.13. The predicted molar refractivity (Wildman–Crippen MR) is 106 cm³/mol. The molecule has 25 heavy (non-hydrogen) atoms. The molecule has 0 atom stereocenters. The van der Waals surface area contributed by atoms with Crippen molar-refractivity contribution in [3.05, 3.63) is 30.5 Å². The number of hydrogen-bond donors (Lipinski definition) is 1. The fraction of sp³-hybridized carbons (Fsp3) is 0.526. The average molecular weight is 342 g/mol. The quantitative estimate of drug-likeness (QED) is 0.702. The summed E-state index contributed by atoms with van der Waals surface area (Å²) in [6.07, 6.45) is 3.79. The molecule has 0 radical (unpaired) electrons. The first-order chi connectivity index (χ1) is 12.2. The van der Waals surface area contributed by atoms with Crippen molar-refractivity contribution in [3.8, 4) is 0 Å². The first kappa shape index (κ1) is 19.0. The highest BCUT2D eigenvalue weighted by molar-refractivity contribution is 5.60. The van der Waals surface area contributed by atoms with Crippen molar-refractivity contribution in [3.63, 3.8) is 0 Å². The van der Waals surface area contributed by atoms with Crippen LogP contribution in [0.4, 0.5) is 23.1 Å². The molecule has 1 N–H and O–H groups in total. The molecule has 0 saturated carbocycles. The van der Waals surface area contributed by atoms with Gasteiger partial charge in [-0.2, -0.15) is 10.1 Å². The van der Waals surface area contributed by atoms with E-state index >= 15 is 0 Å². The van der Waals surface area contributed by atoms with Gasteiger partial charge in [-0.3, -0.25) is 0 Å². The zero-order valence-corrected chi connectivity index (χ0v) is 15.9. The molecule has 0 amide bonds. The van der Waals surface area contributed by atoms with Gasteiger partial charge in [0, 0.05) is 37.6 Å². The van der Waals surface area contributed by atoms with Crippen molar-refractivity contribution in [1.82, 2.24) is 15.2 Å². The largest absolute Gasteiger partial charge is 0.372 e. The summed E-state index contributed by atoms with van der Waals surface area (Å²) in [5, 5.41) is 11.6. The number of anilines is 4. The van der Waals surface area contributed by atoms with E-state index in [1.54, 1.807) is 6.20 Å². The second-order valence-corrected chi connectivity index (χ2v) is 5.97. The molecule has 0 aliphatic rings. The fourth-order valence-corrected chi connectivity index (χ4v) is 2.83. The molecule has 2 rings (SSSR count). The van der Waals surface area contributed by atoms with Gasteiger partial charge < -0.3 is 15.1 Å². The van der Waals surface area contributed by atoms with Crippen molar-refractivity contribution < 1.29 is 0 Å². The van der Waals surface area contributed by atoms with Crippen LogP contribution in [-0.2, 0) is 0 Å². The average Bonchev–Trinajstić information content (AvgIpc) is 2.64. The third kappa shape index (κ3) is 5.31. The highest BCUT2D eigenvalue weighted by atomic mass is 15.3. The SMILES string of the molecule is CCCN(CCC)c1nncc(Nc2ccc(N(CC)CC)cc2)n1. The molecule has 136 valence electrons. The minimum absolute atomic E-state index is 0.688. The maximum atomic E-state index is 4.63. The summed E-state index contributed by atoms with van der Waals surface area (Å²) in [7, 11) is 0. The number of aromatic nitrogens is 3. The van der Waals surface area contributed by atoms with E-state index in [1.807, 2.05) is 0 Å². The Labute approximate surface area is 151 Å². The number of benzene rings is 1. The Bertz CT molecular complexity index is 618. The molecule has 0 unspecified atom stereocenters. The molecule has 1 aromatic carbocycles. The second-order valence-electron chi connectivity index (χ2n) is 5.97. The Morgan fingerprint density at radius 1 is 0.880 bits per heavy atom. The van der Waals surface area contributed by atoms with Gasteiger partial charge in [-0.15, -0.1) is 5.10 Å². The Balaban J connectivity index is 2.11. The van der Waals surface area contributed by atoms with E-state index in [2.05, 4.69) is 82.3 Å². The molecule has 0 saturated heterocycles. The van der Waals surface area contributed by atoms with Crippen LogP contribution in [0.15, 0.2) is 30.5 Å². The molecule has 0 spiro atoms. The highest BCUT2D eigenvalue weighted by Crippen LogP contribution is 2.20. The highest BCUT2D eigenvalue weighted by Gasteiger charge is 2.09. The van der Waals surface area contributed by atoms with Crippen molar-refractivity contribution in [2.45, 2.75) is 40.5 Å². The third-order valence-electron chi connectivity index (χ3n) is 4.09. The van der Waals surface area contributed by atoms with E-state index < -0.39 is 0 Å². The lowest BCUT2D eigenvalue weighted by molar-refractivity contribution is 0.711. The van der Waals surface area contributed by atoms with E-state index in [-0.39, 0.29) is 0 Å². The van der Waals surface area contributed by atoms with Gasteiger partial charge in [-0.25, -0.2) is 0 Å². The topological polar surface area (TPSA) is 57.2 Å². The molecule has 0 fully saturated rings. The van der Waals surface area contributed by atoms with Gasteiger partial charge in [0.25, 0.3) is 0 Å². The van der Waals surface area contributed by atoms with Crippen LogP contribution in [0.1, 0.15) is 40.5 Å². The van der Waals surface area contributed by atoms with E-state index in [4.69, 9.17) is 0 Å². The Morgan fingerprint density at radius 3 is 2.08 bits per heavy atom. The third-order valence-corrected chi connectivity index (χ3v) is 4.09. The van der Waals surface area contributed by atoms with Crippen molar-refractivity contribution >= 4 is 23.1 Å². The Morgan fingerprint density at radius 2 is 1.52 bits per heavy atom. The molecule has 0 aliphatic heterocycles. The molecule has 0 aliphatic carbocycles. The first-order valence-electron chi connectivity index (χ1n) is 9.28. The number of nitrogens with zero attached hydrogens (tertiary/aromatic N) is 5. The van der Waals surface area contributed by atoms with Crippen LogP contribution >= 0.6 is 0 Å². The summed E-state index contributed by atoms with van der Waals surface area (Å²) in [6.45, 7) is 12.6. The van der Waals surface area contributed by atoms with Gasteiger partial charge in [0.2, 0.25) is 5.95 Å². The Hall–Kier alpha value is -2.37. The second kappa shape index (κ2) is 9.81. The Kier molecular flexibility index (Phi) is 7.44. The van der Waals surface area contributed by atoms with Gasteiger partial charge in [-0.1, -0.05) is 13.8 Å². The summed E-state index contributed by atoms with van der Waals surface area (Å²) in [5.41, 5.74) is 2.23. The molecule has 0 bridgehead atoms. The molecule has 1 heterocycles. The minimum Gasteiger partial charge on any atom is -0.372 e. The first-order valence-corrected chi connectivity index (χ1v) is 9.28. The maximum absolute atomic E-state index is 4.63. The fourth-order valence-electron chi connectivity index (χ4n) is 2.83. The predicted octanol–water partition coefficient (Wildman–Crippen LogP) is 4.09. The number of nitrogens with one attached hydrogen (secondary N) is 1. The lowest BCUT2D eigenvalue weighted by atomic mass is 10.2. The lowest BCUT2D eigenvalue weighted by Gasteiger charge is -2.22. The van der Waals surface area contributed by atoms with Gasteiger partial charge in [0.15, 0.2) is 5.82 Å². The van der Waals surface area contributed by atoms with E-state index in [0.717, 1.165) is 50.5 Å². The molecule has 6 heteroatoms. The van der Waals surface area contributed by atoms with Gasteiger partial charge in [0.1, 0.15) is 0 Å². The standard InChI is InChI=1S/C19H30N6/c1-5-13-25(14-6-2)19-22-18(15-20-23-19)21-16-9-11-17(12-10-16)24(7-3)8-4/h9-12,15H,5-8,13-14H2,1-4H3,(H,21,22,23). The summed E-state index contributed by atoms with van der Waals surface area (Å²) >= 11 is 0. The van der Waals surface area contributed by atoms with E-state index in [1.165, 1.54) is 5.69 Å². The molecular formula is C19H30N6. The van der Waals surface area contributed by atoms with Crippen molar-refractivity contribution in [1.29, 1.82) is 0 Å². The molecule has 2 aromatic rings. The van der Waals surface area contributed by atoms with Crippen LogP contribution in [0.2, 0.25) is 0 Å². The molecular weight excluding hydrogens is 312 g/mol. The summed E-state index contributed by atoms with van der Waals surface area (Å²) in [6, 6.07) is 8.41.